The Morgan fingerprint density at radius 3 is 1.42 bits per heavy atom. The Bertz CT molecular complexity index is 534. The molecule has 1 aromatic rings. The highest BCUT2D eigenvalue weighted by atomic mass is 16.6. The fourth-order valence-electron chi connectivity index (χ4n) is 1.93. The molecule has 0 fully saturated rings. The van der Waals surface area contributed by atoms with E-state index in [1.807, 2.05) is 6.92 Å². The van der Waals surface area contributed by atoms with Crippen molar-refractivity contribution < 1.29 is 50.1 Å². The monoisotopic (exact) mass is 448 g/mol. The first kappa shape index (κ1) is 31.3. The molecule has 2 rings (SSSR count). The van der Waals surface area contributed by atoms with Gasteiger partial charge in [-0.1, -0.05) is 38.3 Å². The van der Waals surface area contributed by atoms with Crippen LogP contribution in [0.25, 0.3) is 0 Å². The molecule has 180 valence electrons. The van der Waals surface area contributed by atoms with Crippen LogP contribution in [0.3, 0.4) is 0 Å². The van der Waals surface area contributed by atoms with Crippen LogP contribution in [-0.2, 0) is 4.74 Å². The highest BCUT2D eigenvalue weighted by Gasteiger charge is 2.28. The molecule has 10 nitrogen and oxygen atoms in total. The second-order valence-corrected chi connectivity index (χ2v) is 6.37. The van der Waals surface area contributed by atoms with Crippen molar-refractivity contribution in [3.63, 3.8) is 0 Å². The predicted octanol–water partition coefficient (Wildman–Crippen LogP) is -0.0423. The van der Waals surface area contributed by atoms with E-state index in [-0.39, 0.29) is 26.4 Å². The molecule has 0 bridgehead atoms. The van der Waals surface area contributed by atoms with E-state index < -0.39 is 24.3 Å². The maximum Gasteiger partial charge on any atom is 0.346 e. The van der Waals surface area contributed by atoms with Gasteiger partial charge in [-0.2, -0.15) is 0 Å². The van der Waals surface area contributed by atoms with Crippen molar-refractivity contribution in [1.29, 1.82) is 0 Å². The van der Waals surface area contributed by atoms with E-state index in [4.69, 9.17) is 35.7 Å². The summed E-state index contributed by atoms with van der Waals surface area (Å²) in [5, 5.41) is 56.8. The molecule has 0 amide bonds. The lowest BCUT2D eigenvalue weighted by Gasteiger charge is -1.96. The van der Waals surface area contributed by atoms with Gasteiger partial charge < -0.3 is 40.5 Å². The van der Waals surface area contributed by atoms with Crippen molar-refractivity contribution in [1.82, 2.24) is 0 Å². The molecule has 1 aromatic carbocycles. The largest absolute Gasteiger partial charge is 0.396 e. The first-order valence-corrected chi connectivity index (χ1v) is 10.1. The smallest absolute Gasteiger partial charge is 0.346 e. The van der Waals surface area contributed by atoms with Gasteiger partial charge in [0.05, 0.1) is 24.3 Å². The molecule has 7 N–H and O–H groups in total. The van der Waals surface area contributed by atoms with Crippen LogP contribution >= 0.6 is 0 Å². The minimum absolute atomic E-state index is 0.283. The summed E-state index contributed by atoms with van der Waals surface area (Å²) >= 11 is 0. The van der Waals surface area contributed by atoms with Gasteiger partial charge in [-0.3, -0.25) is 0 Å². The summed E-state index contributed by atoms with van der Waals surface area (Å²) in [7, 11) is 0. The van der Waals surface area contributed by atoms with Crippen LogP contribution in [0.4, 0.5) is 0 Å². The highest BCUT2D eigenvalue weighted by Crippen LogP contribution is 2.18. The van der Waals surface area contributed by atoms with Crippen molar-refractivity contribution in [3.05, 3.63) is 35.4 Å². The maximum absolute atomic E-state index is 10.8. The number of aliphatic hydroxyl groups excluding tert-OH is 6. The second kappa shape index (κ2) is 21.3. The Morgan fingerprint density at radius 1 is 0.774 bits per heavy atom. The van der Waals surface area contributed by atoms with Crippen LogP contribution in [0.15, 0.2) is 24.3 Å². The zero-order valence-electron chi connectivity index (χ0n) is 17.9. The maximum atomic E-state index is 10.8. The van der Waals surface area contributed by atoms with E-state index in [9.17, 15) is 9.59 Å². The lowest BCUT2D eigenvalue weighted by Crippen LogP contribution is -2.15. The second-order valence-electron chi connectivity index (χ2n) is 6.37. The molecule has 0 unspecified atom stereocenters. The van der Waals surface area contributed by atoms with Gasteiger partial charge in [0.2, 0.25) is 0 Å². The molecule has 0 aliphatic carbocycles. The topological polar surface area (TPSA) is 185 Å². The standard InChI is InChI=1S/C8H4O3.C6H14O2.C4H10O2.C3H8O3/c9-7-5-3-1-2-4-6(5)8(10)11-7;7-5-3-1-2-4-6-8;1-2-3-4(5)6;4-1-3(6)2-5/h1-4H;7-8H,1-6H2;4-6H,2-3H2,1H3;3-6H,1-2H2. The number of ether oxygens (including phenoxy) is 1. The molecule has 0 radical (unpaired) electrons. The predicted molar refractivity (Wildman–Crippen MR) is 112 cm³/mol. The van der Waals surface area contributed by atoms with E-state index >= 15 is 0 Å². The quantitative estimate of drug-likeness (QED) is 0.117. The van der Waals surface area contributed by atoms with E-state index in [2.05, 4.69) is 4.74 Å². The number of rotatable bonds is 9. The van der Waals surface area contributed by atoms with Gasteiger partial charge in [-0.05, 0) is 31.4 Å². The van der Waals surface area contributed by atoms with Crippen molar-refractivity contribution in [2.75, 3.05) is 26.4 Å². The third-order valence-corrected chi connectivity index (χ3v) is 3.59. The first-order valence-electron chi connectivity index (χ1n) is 10.1. The third kappa shape index (κ3) is 17.5. The molecular formula is C21H36O10. The van der Waals surface area contributed by atoms with Crippen molar-refractivity contribution in [2.45, 2.75) is 57.8 Å². The molecule has 31 heavy (non-hydrogen) atoms. The summed E-state index contributed by atoms with van der Waals surface area (Å²) in [4.78, 5) is 21.7. The van der Waals surface area contributed by atoms with Crippen LogP contribution in [0.5, 0.6) is 0 Å². The molecular weight excluding hydrogens is 412 g/mol. The lowest BCUT2D eigenvalue weighted by molar-refractivity contribution is -0.0453. The number of esters is 2. The van der Waals surface area contributed by atoms with Crippen LogP contribution in [0.2, 0.25) is 0 Å². The number of carbonyl (C=O) groups is 2. The molecule has 0 aromatic heterocycles. The van der Waals surface area contributed by atoms with Crippen molar-refractivity contribution >= 4 is 11.9 Å². The molecule has 0 spiro atoms. The fourth-order valence-corrected chi connectivity index (χ4v) is 1.93. The Morgan fingerprint density at radius 2 is 1.19 bits per heavy atom. The SMILES string of the molecule is CCCC(O)O.O=C1OC(=O)c2ccccc21.OCC(O)CO.OCCCCCCO. The molecule has 10 heteroatoms. The van der Waals surface area contributed by atoms with E-state index in [0.717, 1.165) is 32.1 Å². The molecule has 0 saturated carbocycles. The Kier molecular flexibility index (Phi) is 21.5. The van der Waals surface area contributed by atoms with Crippen LogP contribution < -0.4 is 0 Å². The number of aliphatic hydroxyl groups is 7. The summed E-state index contributed by atoms with van der Waals surface area (Å²) in [6.45, 7) is 1.74. The number of benzene rings is 1. The molecule has 1 heterocycles. The number of unbranched alkanes of at least 4 members (excludes halogenated alkanes) is 3. The summed E-state index contributed by atoms with van der Waals surface area (Å²) in [5.41, 5.74) is 0.718. The minimum atomic E-state index is -1.10. The van der Waals surface area contributed by atoms with Gasteiger partial charge in [0, 0.05) is 13.2 Å². The number of hydrogen-bond donors (Lipinski definition) is 7. The van der Waals surface area contributed by atoms with Crippen molar-refractivity contribution in [3.8, 4) is 0 Å². The Hall–Kier alpha value is -1.92. The van der Waals surface area contributed by atoms with Crippen LogP contribution in [0.1, 0.15) is 66.2 Å². The number of hydrogen-bond acceptors (Lipinski definition) is 10. The molecule has 1 aliphatic rings. The highest BCUT2D eigenvalue weighted by molar-refractivity contribution is 6.14. The minimum Gasteiger partial charge on any atom is -0.396 e. The summed E-state index contributed by atoms with van der Waals surface area (Å²) in [6.07, 6.45) is 3.09. The fraction of sp³-hybridized carbons (Fsp3) is 0.619. The Balaban J connectivity index is 0. The average molecular weight is 449 g/mol. The zero-order chi connectivity index (χ0) is 24.1. The van der Waals surface area contributed by atoms with Gasteiger partial charge in [-0.25, -0.2) is 9.59 Å². The number of fused-ring (bicyclic) bond motifs is 1. The van der Waals surface area contributed by atoms with E-state index in [1.54, 1.807) is 24.3 Å². The molecule has 1 aliphatic heterocycles. The van der Waals surface area contributed by atoms with Gasteiger partial charge in [0.1, 0.15) is 6.10 Å². The van der Waals surface area contributed by atoms with Gasteiger partial charge in [-0.15, -0.1) is 0 Å². The summed E-state index contributed by atoms with van der Waals surface area (Å²) in [6, 6.07) is 6.53. The van der Waals surface area contributed by atoms with Gasteiger partial charge in [0.25, 0.3) is 0 Å². The van der Waals surface area contributed by atoms with Crippen LogP contribution in [0, 0.1) is 0 Å². The van der Waals surface area contributed by atoms with E-state index in [0.29, 0.717) is 17.5 Å². The van der Waals surface area contributed by atoms with Gasteiger partial charge >= 0.3 is 11.9 Å². The van der Waals surface area contributed by atoms with Crippen LogP contribution in [-0.4, -0.2) is 86.5 Å². The van der Waals surface area contributed by atoms with Gasteiger partial charge in [0.15, 0.2) is 6.29 Å². The summed E-state index contributed by atoms with van der Waals surface area (Å²) in [5.74, 6) is -1.10. The first-order chi connectivity index (χ1) is 14.8. The third-order valence-electron chi connectivity index (χ3n) is 3.59. The lowest BCUT2D eigenvalue weighted by atomic mass is 10.1. The normalized spacial score (nSPS) is 11.5. The molecule has 0 saturated heterocycles. The number of carbonyl (C=O) groups excluding carboxylic acids is 2. The van der Waals surface area contributed by atoms with Crippen molar-refractivity contribution in [2.24, 2.45) is 0 Å². The summed E-state index contributed by atoms with van der Waals surface area (Å²) < 4.78 is 4.35. The average Bonchev–Trinajstić information content (AvgIpc) is 3.06. The number of cyclic esters (lactones) is 2. The molecule has 0 atom stereocenters. The zero-order valence-corrected chi connectivity index (χ0v) is 17.9. The van der Waals surface area contributed by atoms with E-state index in [1.165, 1.54) is 0 Å². The Labute approximate surface area is 182 Å².